The van der Waals surface area contributed by atoms with Gasteiger partial charge in [0.15, 0.2) is 0 Å². The van der Waals surface area contributed by atoms with Crippen molar-refractivity contribution in [1.82, 2.24) is 10.2 Å². The Morgan fingerprint density at radius 2 is 2.14 bits per heavy atom. The predicted molar refractivity (Wildman–Crippen MR) is 55.8 cm³/mol. The molecule has 0 aromatic heterocycles. The summed E-state index contributed by atoms with van der Waals surface area (Å²) < 4.78 is 0. The Morgan fingerprint density at radius 1 is 1.43 bits per heavy atom. The molecule has 14 heavy (non-hydrogen) atoms. The molecular weight excluding hydrogens is 180 g/mol. The highest BCUT2D eigenvalue weighted by atomic mass is 16.1. The topological polar surface area (TPSA) is 52.1 Å². The van der Waals surface area contributed by atoms with Gasteiger partial charge in [0, 0.05) is 6.42 Å². The van der Waals surface area contributed by atoms with Crippen LogP contribution in [-0.2, 0) is 9.59 Å². The Labute approximate surface area is 85.0 Å². The lowest BCUT2D eigenvalue weighted by molar-refractivity contribution is -0.115. The quantitative estimate of drug-likeness (QED) is 0.195. The summed E-state index contributed by atoms with van der Waals surface area (Å²) in [6.07, 6.45) is 5.58. The summed E-state index contributed by atoms with van der Waals surface area (Å²) in [6.45, 7) is 6.30. The van der Waals surface area contributed by atoms with Crippen LogP contribution in [0, 0.1) is 0 Å². The Kier molecular flexibility index (Phi) is 7.74. The van der Waals surface area contributed by atoms with Crippen molar-refractivity contribution in [1.29, 1.82) is 0 Å². The molecule has 1 N–H and O–H groups in total. The maximum Gasteiger partial charge on any atom is 0.351 e. The highest BCUT2D eigenvalue weighted by Gasteiger charge is 2.23. The van der Waals surface area contributed by atoms with Crippen molar-refractivity contribution in [2.45, 2.75) is 32.4 Å². The minimum absolute atomic E-state index is 0.387. The number of hydrogen-bond acceptors (Lipinski definition) is 2. The summed E-state index contributed by atoms with van der Waals surface area (Å²) in [6, 6.07) is 0. The third kappa shape index (κ3) is 4.77. The van der Waals surface area contributed by atoms with Crippen molar-refractivity contribution >= 4 is 12.8 Å². The van der Waals surface area contributed by atoms with Crippen LogP contribution in [0.4, 0.5) is 0 Å². The van der Waals surface area contributed by atoms with E-state index < -0.39 is 0 Å². The van der Waals surface area contributed by atoms with Gasteiger partial charge in [0.25, 0.3) is 0 Å². The fraction of sp³-hybridized carbons (Fsp3) is 0.600. The molecule has 4 heteroatoms. The van der Waals surface area contributed by atoms with Gasteiger partial charge < -0.3 is 5.32 Å². The van der Waals surface area contributed by atoms with E-state index in [4.69, 9.17) is 0 Å². The normalized spacial score (nSPS) is 12.1. The average Bonchev–Trinajstić information content (AvgIpc) is 2.22. The molecule has 0 aliphatic heterocycles. The Balaban J connectivity index is 4.00. The van der Waals surface area contributed by atoms with E-state index in [1.165, 1.54) is 11.0 Å². The zero-order chi connectivity index (χ0) is 10.8. The second-order valence-electron chi connectivity index (χ2n) is 3.02. The number of nitrogens with zero attached hydrogens (tertiary/aromatic N) is 1. The number of carbonyl (C=O) groups is 2. The molecule has 1 unspecified atom stereocenters. The molecule has 0 heterocycles. The van der Waals surface area contributed by atoms with Gasteiger partial charge in [-0.2, -0.15) is 0 Å². The van der Waals surface area contributed by atoms with Crippen molar-refractivity contribution in [3.63, 3.8) is 0 Å². The van der Waals surface area contributed by atoms with E-state index >= 15 is 0 Å². The van der Waals surface area contributed by atoms with Gasteiger partial charge in [-0.3, -0.25) is 4.79 Å². The zero-order valence-electron chi connectivity index (χ0n) is 8.61. The van der Waals surface area contributed by atoms with Crippen LogP contribution >= 0.6 is 0 Å². The maximum atomic E-state index is 10.7. The fourth-order valence-corrected chi connectivity index (χ4v) is 1.17. The Bertz CT molecular complexity index is 183. The van der Waals surface area contributed by atoms with Crippen molar-refractivity contribution in [2.75, 3.05) is 6.54 Å². The molecule has 79 valence electrons. The molecule has 0 spiro atoms. The molecule has 4 nitrogen and oxygen atoms in total. The fourth-order valence-electron chi connectivity index (χ4n) is 1.17. The number of unbranched alkanes of at least 4 members (excludes halogenated alkanes) is 2. The van der Waals surface area contributed by atoms with Gasteiger partial charge in [0.2, 0.25) is 12.6 Å². The van der Waals surface area contributed by atoms with E-state index in [0.717, 1.165) is 25.7 Å². The van der Waals surface area contributed by atoms with Crippen LogP contribution in [0.2, 0.25) is 0 Å². The van der Waals surface area contributed by atoms with Crippen molar-refractivity contribution < 1.29 is 9.59 Å². The highest BCUT2D eigenvalue weighted by Crippen LogP contribution is 1.97. The number of rotatable bonds is 9. The number of amides is 2. The Hall–Kier alpha value is -1.16. The second-order valence-corrected chi connectivity index (χ2v) is 3.02. The first-order chi connectivity index (χ1) is 6.79. The third-order valence-electron chi connectivity index (χ3n) is 1.97. The van der Waals surface area contributed by atoms with Crippen LogP contribution < -0.4 is 10.2 Å². The number of hydrogen-bond donors (Lipinski definition) is 1. The van der Waals surface area contributed by atoms with Crippen LogP contribution in [-0.4, -0.2) is 25.5 Å². The molecule has 1 atom stereocenters. The van der Waals surface area contributed by atoms with E-state index in [9.17, 15) is 9.59 Å². The molecule has 2 amide bonds. The SMILES string of the molecule is C=CC(NC=O)[N+](C=O)CCCCC. The monoisotopic (exact) mass is 198 g/mol. The van der Waals surface area contributed by atoms with Crippen LogP contribution in [0.25, 0.3) is 0 Å². The van der Waals surface area contributed by atoms with Crippen LogP contribution in [0.15, 0.2) is 12.7 Å². The molecule has 0 aromatic carbocycles. The van der Waals surface area contributed by atoms with Crippen molar-refractivity contribution in [2.24, 2.45) is 0 Å². The van der Waals surface area contributed by atoms with Gasteiger partial charge in [-0.25, -0.2) is 4.79 Å². The molecule has 0 saturated carbocycles. The van der Waals surface area contributed by atoms with Gasteiger partial charge in [-0.05, 0) is 12.5 Å². The summed E-state index contributed by atoms with van der Waals surface area (Å²) in [5.74, 6) is 0. The molecule has 0 fully saturated rings. The van der Waals surface area contributed by atoms with Gasteiger partial charge in [-0.15, -0.1) is 0 Å². The molecule has 0 aliphatic carbocycles. The lowest BCUT2D eigenvalue weighted by Crippen LogP contribution is -2.47. The summed E-state index contributed by atoms with van der Waals surface area (Å²) >= 11 is 0. The minimum Gasteiger partial charge on any atom is -0.302 e. The van der Waals surface area contributed by atoms with Gasteiger partial charge in [0.05, 0.1) is 0 Å². The standard InChI is InChI=1S/C10H18N2O2/c1-3-5-6-7-12(9-14)10(4-2)11-8-13/h4,8-10H,2-3,5-7H2,1H3,(H,11,13)/q+1. The van der Waals surface area contributed by atoms with Crippen molar-refractivity contribution in [3.8, 4) is 0 Å². The molecule has 1 radical (unpaired) electrons. The predicted octanol–water partition coefficient (Wildman–Crippen LogP) is 0.731. The largest absolute Gasteiger partial charge is 0.351 e. The van der Waals surface area contributed by atoms with E-state index in [2.05, 4.69) is 18.8 Å². The summed E-state index contributed by atoms with van der Waals surface area (Å²) in [5, 5.41) is 2.51. The molecule has 0 aliphatic rings. The second kappa shape index (κ2) is 8.44. The molecule has 0 saturated heterocycles. The van der Waals surface area contributed by atoms with Crippen LogP contribution in [0.3, 0.4) is 0 Å². The van der Waals surface area contributed by atoms with Crippen LogP contribution in [0.5, 0.6) is 0 Å². The Morgan fingerprint density at radius 3 is 2.57 bits per heavy atom. The van der Waals surface area contributed by atoms with E-state index in [1.807, 2.05) is 0 Å². The smallest absolute Gasteiger partial charge is 0.302 e. The van der Waals surface area contributed by atoms with Crippen LogP contribution in [0.1, 0.15) is 26.2 Å². The number of nitrogens with one attached hydrogen (secondary N) is 1. The lowest BCUT2D eigenvalue weighted by atomic mass is 10.2. The summed E-state index contributed by atoms with van der Waals surface area (Å²) in [5.41, 5.74) is 0. The van der Waals surface area contributed by atoms with E-state index in [-0.39, 0.29) is 6.17 Å². The van der Waals surface area contributed by atoms with E-state index in [0.29, 0.717) is 13.0 Å². The third-order valence-corrected chi connectivity index (χ3v) is 1.97. The molecule has 0 aromatic rings. The summed E-state index contributed by atoms with van der Waals surface area (Å²) in [4.78, 5) is 22.4. The molecule has 0 rings (SSSR count). The molecule has 0 bridgehead atoms. The summed E-state index contributed by atoms with van der Waals surface area (Å²) in [7, 11) is 0. The zero-order valence-corrected chi connectivity index (χ0v) is 8.61. The first-order valence-electron chi connectivity index (χ1n) is 4.83. The van der Waals surface area contributed by atoms with Gasteiger partial charge in [0.1, 0.15) is 6.54 Å². The van der Waals surface area contributed by atoms with Gasteiger partial charge >= 0.3 is 6.41 Å². The molecular formula is C10H18N2O2+. The van der Waals surface area contributed by atoms with Crippen molar-refractivity contribution in [3.05, 3.63) is 12.7 Å². The lowest BCUT2D eigenvalue weighted by Gasteiger charge is -2.12. The minimum atomic E-state index is -0.387. The first kappa shape index (κ1) is 12.8. The maximum absolute atomic E-state index is 10.7. The number of carbonyl (C=O) groups excluding carboxylic acids is 2. The van der Waals surface area contributed by atoms with Gasteiger partial charge in [-0.1, -0.05) is 24.8 Å². The first-order valence-corrected chi connectivity index (χ1v) is 4.83. The van der Waals surface area contributed by atoms with E-state index in [1.54, 1.807) is 0 Å². The highest BCUT2D eigenvalue weighted by molar-refractivity contribution is 5.55. The average molecular weight is 198 g/mol.